The van der Waals surface area contributed by atoms with Crippen LogP contribution in [-0.2, 0) is 4.74 Å². The molecule has 1 rings (SSSR count). The van der Waals surface area contributed by atoms with Gasteiger partial charge >= 0.3 is 5.69 Å². The zero-order chi connectivity index (χ0) is 13.4. The minimum Gasteiger partial charge on any atom is -0.383 e. The Hall–Kier alpha value is -2.00. The Morgan fingerprint density at radius 1 is 1.67 bits per heavy atom. The third-order valence-corrected chi connectivity index (χ3v) is 2.12. The molecule has 1 aromatic heterocycles. The number of hydrazine groups is 1. The highest BCUT2D eigenvalue weighted by Crippen LogP contribution is 2.18. The summed E-state index contributed by atoms with van der Waals surface area (Å²) in [5.74, 6) is 0.0957. The van der Waals surface area contributed by atoms with Crippen LogP contribution in [0.5, 0.6) is 0 Å². The van der Waals surface area contributed by atoms with Crippen molar-refractivity contribution < 1.29 is 9.66 Å². The molecule has 1 heterocycles. The van der Waals surface area contributed by atoms with E-state index in [2.05, 4.69) is 21.2 Å². The third kappa shape index (κ3) is 4.47. The fourth-order valence-corrected chi connectivity index (χ4v) is 1.22. The van der Waals surface area contributed by atoms with Crippen molar-refractivity contribution >= 4 is 28.8 Å². The SMILES string of the molecule is COCCNC(=S)NNc1ncccc1[N+](=O)[O-]. The number of nitrogens with one attached hydrogen (secondary N) is 3. The molecule has 1 aromatic rings. The molecule has 3 N–H and O–H groups in total. The van der Waals surface area contributed by atoms with E-state index in [9.17, 15) is 10.1 Å². The monoisotopic (exact) mass is 271 g/mol. The first-order valence-corrected chi connectivity index (χ1v) is 5.44. The highest BCUT2D eigenvalue weighted by molar-refractivity contribution is 7.80. The van der Waals surface area contributed by atoms with Crippen LogP contribution < -0.4 is 16.2 Å². The first kappa shape index (κ1) is 14.1. The molecule has 0 bridgehead atoms. The van der Waals surface area contributed by atoms with Crippen molar-refractivity contribution in [2.24, 2.45) is 0 Å². The molecule has 0 fully saturated rings. The van der Waals surface area contributed by atoms with Crippen LogP contribution in [0.15, 0.2) is 18.3 Å². The van der Waals surface area contributed by atoms with Gasteiger partial charge in [0.2, 0.25) is 5.82 Å². The second kappa shape index (κ2) is 7.35. The lowest BCUT2D eigenvalue weighted by Crippen LogP contribution is -2.40. The number of nitrogens with zero attached hydrogens (tertiary/aromatic N) is 2. The van der Waals surface area contributed by atoms with E-state index in [1.165, 1.54) is 18.3 Å². The quantitative estimate of drug-likeness (QED) is 0.296. The average Bonchev–Trinajstić information content (AvgIpc) is 2.37. The Balaban J connectivity index is 2.48. The summed E-state index contributed by atoms with van der Waals surface area (Å²) in [6, 6.07) is 2.83. The number of ether oxygens (including phenoxy) is 1. The Labute approximate surface area is 109 Å². The smallest absolute Gasteiger partial charge is 0.313 e. The minimum atomic E-state index is -0.529. The summed E-state index contributed by atoms with van der Waals surface area (Å²) in [5, 5.41) is 13.8. The van der Waals surface area contributed by atoms with Gasteiger partial charge in [-0.05, 0) is 18.3 Å². The molecule has 0 spiro atoms. The predicted molar refractivity (Wildman–Crippen MR) is 70.1 cm³/mol. The second-order valence-corrected chi connectivity index (χ2v) is 3.54. The van der Waals surface area contributed by atoms with Gasteiger partial charge < -0.3 is 10.1 Å². The van der Waals surface area contributed by atoms with Crippen LogP contribution in [0.2, 0.25) is 0 Å². The van der Waals surface area contributed by atoms with Crippen molar-refractivity contribution in [2.45, 2.75) is 0 Å². The van der Waals surface area contributed by atoms with Gasteiger partial charge in [-0.15, -0.1) is 0 Å². The lowest BCUT2D eigenvalue weighted by molar-refractivity contribution is -0.384. The molecular weight excluding hydrogens is 258 g/mol. The molecule has 0 atom stereocenters. The average molecular weight is 271 g/mol. The Morgan fingerprint density at radius 3 is 3.11 bits per heavy atom. The summed E-state index contributed by atoms with van der Waals surface area (Å²) in [7, 11) is 1.58. The van der Waals surface area contributed by atoms with Crippen LogP contribution in [0.25, 0.3) is 0 Å². The van der Waals surface area contributed by atoms with E-state index in [1.54, 1.807) is 7.11 Å². The second-order valence-electron chi connectivity index (χ2n) is 3.13. The van der Waals surface area contributed by atoms with Crippen LogP contribution in [-0.4, -0.2) is 35.3 Å². The fraction of sp³-hybridized carbons (Fsp3) is 0.333. The van der Waals surface area contributed by atoms with Gasteiger partial charge in [-0.2, -0.15) is 0 Å². The third-order valence-electron chi connectivity index (χ3n) is 1.87. The highest BCUT2D eigenvalue weighted by atomic mass is 32.1. The number of thiocarbonyl (C=S) groups is 1. The number of nitro groups is 1. The number of pyridine rings is 1. The molecule has 0 aromatic carbocycles. The topological polar surface area (TPSA) is 101 Å². The van der Waals surface area contributed by atoms with Gasteiger partial charge in [0.25, 0.3) is 0 Å². The molecule has 98 valence electrons. The first-order chi connectivity index (χ1) is 8.65. The molecule has 0 aliphatic carbocycles. The maximum Gasteiger partial charge on any atom is 0.313 e. The minimum absolute atomic E-state index is 0.0957. The first-order valence-electron chi connectivity index (χ1n) is 5.03. The highest BCUT2D eigenvalue weighted by Gasteiger charge is 2.13. The van der Waals surface area contributed by atoms with Crippen molar-refractivity contribution in [1.82, 2.24) is 15.7 Å². The maximum atomic E-state index is 10.7. The molecule has 0 saturated carbocycles. The number of hydrogen-bond donors (Lipinski definition) is 3. The Kier molecular flexibility index (Phi) is 5.74. The lowest BCUT2D eigenvalue weighted by Gasteiger charge is -2.11. The van der Waals surface area contributed by atoms with Crippen molar-refractivity contribution in [3.05, 3.63) is 28.4 Å². The molecule has 0 amide bonds. The van der Waals surface area contributed by atoms with E-state index in [1.807, 2.05) is 0 Å². The predicted octanol–water partition coefficient (Wildman–Crippen LogP) is 0.427. The Morgan fingerprint density at radius 2 is 2.44 bits per heavy atom. The van der Waals surface area contributed by atoms with E-state index in [4.69, 9.17) is 17.0 Å². The number of rotatable bonds is 6. The van der Waals surface area contributed by atoms with Gasteiger partial charge in [0.05, 0.1) is 11.5 Å². The van der Waals surface area contributed by atoms with Gasteiger partial charge in [0, 0.05) is 25.9 Å². The largest absolute Gasteiger partial charge is 0.383 e. The van der Waals surface area contributed by atoms with Gasteiger partial charge in [0.15, 0.2) is 5.11 Å². The van der Waals surface area contributed by atoms with E-state index >= 15 is 0 Å². The van der Waals surface area contributed by atoms with Gasteiger partial charge in [-0.25, -0.2) is 4.98 Å². The molecule has 9 heteroatoms. The van der Waals surface area contributed by atoms with Crippen molar-refractivity contribution in [3.8, 4) is 0 Å². The molecule has 0 aliphatic heterocycles. The molecular formula is C9H13N5O3S. The number of hydrogen-bond acceptors (Lipinski definition) is 6. The van der Waals surface area contributed by atoms with Crippen LogP contribution in [0, 0.1) is 10.1 Å². The van der Waals surface area contributed by atoms with Crippen LogP contribution in [0.1, 0.15) is 0 Å². The standard InChI is InChI=1S/C9H13N5O3S/c1-17-6-5-11-9(18)13-12-8-7(14(15)16)3-2-4-10-8/h2-4H,5-6H2,1H3,(H,10,12)(H2,11,13,18). The number of anilines is 1. The van der Waals surface area contributed by atoms with E-state index in [0.29, 0.717) is 18.3 Å². The summed E-state index contributed by atoms with van der Waals surface area (Å²) in [6.45, 7) is 1.04. The summed E-state index contributed by atoms with van der Waals surface area (Å²) >= 11 is 4.94. The van der Waals surface area contributed by atoms with Crippen LogP contribution in [0.3, 0.4) is 0 Å². The molecule has 18 heavy (non-hydrogen) atoms. The van der Waals surface area contributed by atoms with Crippen LogP contribution >= 0.6 is 12.2 Å². The zero-order valence-electron chi connectivity index (χ0n) is 9.67. The number of methoxy groups -OCH3 is 1. The van der Waals surface area contributed by atoms with Gasteiger partial charge in [0.1, 0.15) is 0 Å². The number of aromatic nitrogens is 1. The molecule has 0 radical (unpaired) electrons. The van der Waals surface area contributed by atoms with E-state index in [0.717, 1.165) is 0 Å². The normalized spacial score (nSPS) is 9.61. The lowest BCUT2D eigenvalue weighted by atomic mass is 10.4. The maximum absolute atomic E-state index is 10.7. The van der Waals surface area contributed by atoms with E-state index in [-0.39, 0.29) is 11.5 Å². The summed E-state index contributed by atoms with van der Waals surface area (Å²) < 4.78 is 4.83. The molecule has 0 unspecified atom stereocenters. The molecule has 0 aliphatic rings. The van der Waals surface area contributed by atoms with Crippen molar-refractivity contribution in [2.75, 3.05) is 25.7 Å². The van der Waals surface area contributed by atoms with Crippen molar-refractivity contribution in [3.63, 3.8) is 0 Å². The molecule has 0 saturated heterocycles. The van der Waals surface area contributed by atoms with E-state index < -0.39 is 4.92 Å². The van der Waals surface area contributed by atoms with Crippen LogP contribution in [0.4, 0.5) is 11.5 Å². The van der Waals surface area contributed by atoms with Gasteiger partial charge in [-0.3, -0.25) is 21.0 Å². The fourth-order valence-electron chi connectivity index (χ4n) is 1.07. The van der Waals surface area contributed by atoms with Gasteiger partial charge in [-0.1, -0.05) is 0 Å². The van der Waals surface area contributed by atoms with Crippen molar-refractivity contribution in [1.29, 1.82) is 0 Å². The summed E-state index contributed by atoms with van der Waals surface area (Å²) in [5.41, 5.74) is 5.04. The summed E-state index contributed by atoms with van der Waals surface area (Å²) in [6.07, 6.45) is 1.44. The zero-order valence-corrected chi connectivity index (χ0v) is 10.5. The summed E-state index contributed by atoms with van der Waals surface area (Å²) in [4.78, 5) is 14.0. The molecule has 8 nitrogen and oxygen atoms in total. The Bertz CT molecular complexity index is 428.